The van der Waals surface area contributed by atoms with Crippen molar-refractivity contribution in [3.05, 3.63) is 53.5 Å². The number of carbonyl (C=O) groups is 2. The molecule has 1 unspecified atom stereocenters. The Morgan fingerprint density at radius 1 is 1.26 bits per heavy atom. The number of carbonyl (C=O) groups excluding carboxylic acids is 2. The Bertz CT molecular complexity index is 1560. The first-order chi connectivity index (χ1) is 20.3. The number of aryl methyl sites for hydroxylation is 1. The third-order valence-electron chi connectivity index (χ3n) is 7.65. The maximum Gasteiger partial charge on any atom is 0.255 e. The topological polar surface area (TPSA) is 124 Å². The van der Waals surface area contributed by atoms with Crippen LogP contribution in [0.4, 0.5) is 14.6 Å². The zero-order valence-corrected chi connectivity index (χ0v) is 23.5. The summed E-state index contributed by atoms with van der Waals surface area (Å²) in [6, 6.07) is 0.921. The molecule has 2 saturated heterocycles. The summed E-state index contributed by atoms with van der Waals surface area (Å²) < 4.78 is 38.9. The van der Waals surface area contributed by atoms with E-state index in [4.69, 9.17) is 10.5 Å². The number of ether oxygens (including phenoxy) is 1. The van der Waals surface area contributed by atoms with E-state index >= 15 is 8.78 Å². The van der Waals surface area contributed by atoms with Gasteiger partial charge in [0, 0.05) is 45.3 Å². The Morgan fingerprint density at radius 3 is 2.76 bits per heavy atom. The molecule has 1 atom stereocenters. The molecule has 0 spiro atoms. The van der Waals surface area contributed by atoms with Crippen LogP contribution in [-0.2, 0) is 16.1 Å². The lowest BCUT2D eigenvalue weighted by atomic mass is 10.1. The molecule has 0 saturated carbocycles. The van der Waals surface area contributed by atoms with E-state index in [0.29, 0.717) is 57.1 Å². The number of nitrogens with zero attached hydrogens (tertiary/aromatic N) is 6. The Balaban J connectivity index is 1.48. The van der Waals surface area contributed by atoms with Gasteiger partial charge in [-0.15, -0.1) is 0 Å². The van der Waals surface area contributed by atoms with Gasteiger partial charge in [0.2, 0.25) is 5.91 Å². The number of anilines is 1. The van der Waals surface area contributed by atoms with E-state index in [9.17, 15) is 9.59 Å². The van der Waals surface area contributed by atoms with Crippen LogP contribution in [-0.4, -0.2) is 93.4 Å². The van der Waals surface area contributed by atoms with E-state index in [0.717, 1.165) is 26.1 Å². The summed E-state index contributed by atoms with van der Waals surface area (Å²) in [4.78, 5) is 33.0. The number of nitrogens with two attached hydrogens (primary N) is 1. The molecule has 3 aromatic rings. The number of likely N-dealkylation sites (tertiary alicyclic amines) is 1. The lowest BCUT2D eigenvalue weighted by Crippen LogP contribution is -2.37. The van der Waals surface area contributed by atoms with Gasteiger partial charge in [-0.2, -0.15) is 5.10 Å². The predicted octanol–water partition coefficient (Wildman–Crippen LogP) is 2.12. The highest BCUT2D eigenvalue weighted by Crippen LogP contribution is 2.30. The Morgan fingerprint density at radius 2 is 2.05 bits per heavy atom. The van der Waals surface area contributed by atoms with Crippen molar-refractivity contribution in [2.45, 2.75) is 32.4 Å². The molecular formula is C29H34F2N8O3. The molecule has 0 aliphatic carbocycles. The molecule has 2 amide bonds. The van der Waals surface area contributed by atoms with Crippen molar-refractivity contribution in [3.63, 3.8) is 0 Å². The Labute approximate surface area is 242 Å². The van der Waals surface area contributed by atoms with Crippen molar-refractivity contribution >= 4 is 28.7 Å². The second-order valence-corrected chi connectivity index (χ2v) is 10.2. The van der Waals surface area contributed by atoms with Gasteiger partial charge in [-0.05, 0) is 38.3 Å². The molecule has 3 N–H and O–H groups in total. The third-order valence-corrected chi connectivity index (χ3v) is 7.65. The molecule has 222 valence electrons. The van der Waals surface area contributed by atoms with Gasteiger partial charge < -0.3 is 25.3 Å². The molecule has 2 fully saturated rings. The zero-order chi connectivity index (χ0) is 29.8. The lowest BCUT2D eigenvalue weighted by Gasteiger charge is -2.26. The largest absolute Gasteiger partial charge is 0.379 e. The SMILES string of the molecule is C=CC(=O)N1CCC(n2nc(C#Cc3c(F)cc4c(ncn4CC)c3F)c(C(N)=O)c2NCCCN2CCOCC2)C1. The van der Waals surface area contributed by atoms with Crippen LogP contribution < -0.4 is 11.1 Å². The fourth-order valence-corrected chi connectivity index (χ4v) is 5.41. The minimum absolute atomic E-state index is 0.00348. The van der Waals surface area contributed by atoms with Crippen LogP contribution in [0.2, 0.25) is 0 Å². The van der Waals surface area contributed by atoms with E-state index in [-0.39, 0.29) is 28.7 Å². The van der Waals surface area contributed by atoms with E-state index < -0.39 is 23.1 Å². The summed E-state index contributed by atoms with van der Waals surface area (Å²) in [6.07, 6.45) is 4.05. The van der Waals surface area contributed by atoms with Gasteiger partial charge in [0.15, 0.2) is 11.5 Å². The first-order valence-corrected chi connectivity index (χ1v) is 14.0. The zero-order valence-electron chi connectivity index (χ0n) is 23.5. The quantitative estimate of drug-likeness (QED) is 0.226. The number of aromatic nitrogens is 4. The summed E-state index contributed by atoms with van der Waals surface area (Å²) in [6.45, 7) is 11.2. The van der Waals surface area contributed by atoms with Gasteiger partial charge >= 0.3 is 0 Å². The summed E-state index contributed by atoms with van der Waals surface area (Å²) in [5, 5.41) is 7.88. The van der Waals surface area contributed by atoms with E-state index in [1.165, 1.54) is 18.5 Å². The number of halogens is 2. The van der Waals surface area contributed by atoms with Gasteiger partial charge in [0.1, 0.15) is 22.7 Å². The lowest BCUT2D eigenvalue weighted by molar-refractivity contribution is -0.125. The molecule has 2 aromatic heterocycles. The van der Waals surface area contributed by atoms with Crippen molar-refractivity contribution < 1.29 is 23.1 Å². The third kappa shape index (κ3) is 5.86. The molecule has 2 aliphatic heterocycles. The summed E-state index contributed by atoms with van der Waals surface area (Å²) in [5.41, 5.74) is 5.68. The van der Waals surface area contributed by atoms with Crippen molar-refractivity contribution in [2.75, 3.05) is 57.8 Å². The number of hydrogen-bond acceptors (Lipinski definition) is 7. The molecule has 5 rings (SSSR count). The van der Waals surface area contributed by atoms with Crippen LogP contribution in [0.25, 0.3) is 11.0 Å². The van der Waals surface area contributed by atoms with Gasteiger partial charge in [-0.25, -0.2) is 18.4 Å². The standard InChI is InChI=1S/C29H34F2N8O3/c1-3-24(40)38-11-8-19(17-38)39-29(33-9-5-10-36-12-14-42-15-13-36)25(28(32)41)22(35-39)7-6-20-21(30)16-23-27(26(20)31)34-18-37(23)4-2/h3,16,18-19,33H,1,4-5,8-15,17H2,2H3,(H2,32,41). The summed E-state index contributed by atoms with van der Waals surface area (Å²) in [7, 11) is 0. The highest BCUT2D eigenvalue weighted by Gasteiger charge is 2.32. The number of primary amides is 1. The molecule has 42 heavy (non-hydrogen) atoms. The van der Waals surface area contributed by atoms with Crippen molar-refractivity contribution in [3.8, 4) is 11.8 Å². The first kappa shape index (κ1) is 29.2. The van der Waals surface area contributed by atoms with E-state index in [1.54, 1.807) is 14.1 Å². The molecule has 0 radical (unpaired) electrons. The first-order valence-electron chi connectivity index (χ1n) is 14.0. The molecule has 13 heteroatoms. The molecule has 4 heterocycles. The highest BCUT2D eigenvalue weighted by molar-refractivity contribution is 6.00. The number of imidazole rings is 1. The van der Waals surface area contributed by atoms with Crippen LogP contribution >= 0.6 is 0 Å². The molecular weight excluding hydrogens is 546 g/mol. The van der Waals surface area contributed by atoms with Gasteiger partial charge in [-0.3, -0.25) is 14.5 Å². The smallest absolute Gasteiger partial charge is 0.255 e. The second-order valence-electron chi connectivity index (χ2n) is 10.2. The molecule has 11 nitrogen and oxygen atoms in total. The maximum atomic E-state index is 15.3. The summed E-state index contributed by atoms with van der Waals surface area (Å²) >= 11 is 0. The monoisotopic (exact) mass is 580 g/mol. The highest BCUT2D eigenvalue weighted by atomic mass is 19.1. The fraction of sp³-hybridized carbons (Fsp3) is 0.448. The number of fused-ring (bicyclic) bond motifs is 1. The fourth-order valence-electron chi connectivity index (χ4n) is 5.41. The Kier molecular flexibility index (Phi) is 8.84. The second kappa shape index (κ2) is 12.7. The number of benzene rings is 1. The number of nitrogens with one attached hydrogen (secondary N) is 1. The normalized spacial score (nSPS) is 17.3. The number of amides is 2. The van der Waals surface area contributed by atoms with Crippen LogP contribution in [0.1, 0.15) is 47.4 Å². The maximum absolute atomic E-state index is 15.3. The number of morpholine rings is 1. The van der Waals surface area contributed by atoms with Crippen LogP contribution in [0, 0.1) is 23.5 Å². The van der Waals surface area contributed by atoms with Gasteiger partial charge in [0.05, 0.1) is 36.7 Å². The number of hydrogen-bond donors (Lipinski definition) is 2. The molecule has 2 aliphatic rings. The molecule has 0 bridgehead atoms. The molecule has 1 aromatic carbocycles. The van der Waals surface area contributed by atoms with Gasteiger partial charge in [-0.1, -0.05) is 12.5 Å². The van der Waals surface area contributed by atoms with Crippen molar-refractivity contribution in [1.82, 2.24) is 29.1 Å². The Hall–Kier alpha value is -4.28. The van der Waals surface area contributed by atoms with Gasteiger partial charge in [0.25, 0.3) is 5.91 Å². The van der Waals surface area contributed by atoms with Crippen molar-refractivity contribution in [1.29, 1.82) is 0 Å². The van der Waals surface area contributed by atoms with Crippen LogP contribution in [0.5, 0.6) is 0 Å². The van der Waals surface area contributed by atoms with E-state index in [1.807, 2.05) is 6.92 Å². The predicted molar refractivity (Wildman–Crippen MR) is 153 cm³/mol. The summed E-state index contributed by atoms with van der Waals surface area (Å²) in [5.74, 6) is 2.87. The van der Waals surface area contributed by atoms with Crippen LogP contribution in [0.3, 0.4) is 0 Å². The van der Waals surface area contributed by atoms with Crippen molar-refractivity contribution in [2.24, 2.45) is 5.73 Å². The minimum atomic E-state index is -0.888. The average molecular weight is 581 g/mol. The number of rotatable bonds is 9. The van der Waals surface area contributed by atoms with E-state index in [2.05, 4.69) is 38.7 Å². The average Bonchev–Trinajstić information content (AvgIpc) is 3.72. The minimum Gasteiger partial charge on any atom is -0.379 e. The van der Waals surface area contributed by atoms with Crippen LogP contribution in [0.15, 0.2) is 25.0 Å².